The number of aryl methyl sites for hydroxylation is 1. The molecular weight excluding hydrogens is 468 g/mol. The summed E-state index contributed by atoms with van der Waals surface area (Å²) in [7, 11) is 0. The lowest BCUT2D eigenvalue weighted by Gasteiger charge is -2.37. The number of thiophene rings is 1. The lowest BCUT2D eigenvalue weighted by atomic mass is 10.00. The monoisotopic (exact) mass is 504 g/mol. The number of fused-ring (bicyclic) bond motifs is 1. The predicted molar refractivity (Wildman–Crippen MR) is 146 cm³/mol. The normalized spacial score (nSPS) is 15.0. The first-order valence-corrected chi connectivity index (χ1v) is 13.7. The summed E-state index contributed by atoms with van der Waals surface area (Å²) in [6.07, 6.45) is 1.62. The average molecular weight is 505 g/mol. The number of amides is 2. The van der Waals surface area contributed by atoms with E-state index in [1.54, 1.807) is 16.2 Å². The van der Waals surface area contributed by atoms with Crippen molar-refractivity contribution in [3.8, 4) is 5.75 Å². The Morgan fingerprint density at radius 3 is 2.47 bits per heavy atom. The van der Waals surface area contributed by atoms with Crippen LogP contribution in [0.25, 0.3) is 0 Å². The zero-order chi connectivity index (χ0) is 25.7. The number of rotatable bonds is 9. The molecule has 0 saturated heterocycles. The first-order chi connectivity index (χ1) is 17.4. The topological polar surface area (TPSA) is 49.9 Å². The molecule has 1 aromatic heterocycles. The van der Waals surface area contributed by atoms with Crippen molar-refractivity contribution >= 4 is 23.2 Å². The minimum atomic E-state index is -0.171. The van der Waals surface area contributed by atoms with Crippen LogP contribution < -0.4 is 4.74 Å². The van der Waals surface area contributed by atoms with Crippen LogP contribution in [0, 0.1) is 6.92 Å². The first kappa shape index (κ1) is 26.0. The highest BCUT2D eigenvalue weighted by atomic mass is 32.1. The number of ether oxygens (including phenoxy) is 1. The molecule has 6 heteroatoms. The quantitative estimate of drug-likeness (QED) is 0.347. The smallest absolute Gasteiger partial charge is 0.254 e. The van der Waals surface area contributed by atoms with Crippen LogP contribution in [0.1, 0.15) is 71.1 Å². The van der Waals surface area contributed by atoms with Gasteiger partial charge in [0.1, 0.15) is 18.9 Å². The molecule has 1 aliphatic rings. The van der Waals surface area contributed by atoms with Gasteiger partial charge in [-0.1, -0.05) is 50.6 Å². The van der Waals surface area contributed by atoms with E-state index in [0.29, 0.717) is 31.2 Å². The molecule has 0 bridgehead atoms. The van der Waals surface area contributed by atoms with Gasteiger partial charge < -0.3 is 14.5 Å². The highest BCUT2D eigenvalue weighted by Gasteiger charge is 2.33. The maximum Gasteiger partial charge on any atom is 0.254 e. The fourth-order valence-electron chi connectivity index (χ4n) is 4.65. The largest absolute Gasteiger partial charge is 0.491 e. The zero-order valence-electron chi connectivity index (χ0n) is 21.7. The van der Waals surface area contributed by atoms with Crippen LogP contribution in [-0.4, -0.2) is 47.9 Å². The molecule has 190 valence electrons. The van der Waals surface area contributed by atoms with Crippen LogP contribution in [0.4, 0.5) is 0 Å². The summed E-state index contributed by atoms with van der Waals surface area (Å²) in [5.41, 5.74) is 4.15. The molecule has 0 saturated carbocycles. The summed E-state index contributed by atoms with van der Waals surface area (Å²) in [6, 6.07) is 17.7. The minimum absolute atomic E-state index is 0.0375. The molecule has 1 aliphatic heterocycles. The van der Waals surface area contributed by atoms with Crippen molar-refractivity contribution in [2.75, 3.05) is 26.2 Å². The molecular formula is C30H36N2O3S. The van der Waals surface area contributed by atoms with Gasteiger partial charge in [-0.15, -0.1) is 11.3 Å². The second kappa shape index (κ2) is 11.7. The average Bonchev–Trinajstić information content (AvgIpc) is 3.36. The first-order valence-electron chi connectivity index (χ1n) is 12.8. The maximum atomic E-state index is 13.6. The second-order valence-electron chi connectivity index (χ2n) is 9.78. The van der Waals surface area contributed by atoms with Gasteiger partial charge in [-0.25, -0.2) is 0 Å². The van der Waals surface area contributed by atoms with Crippen molar-refractivity contribution in [2.45, 2.75) is 52.5 Å². The SMILES string of the molecule is CCCN(CC(=O)N1CCc2sccc2[C@@H]1COc1ccc(C(C)C)cc1)C(=O)c1ccc(C)cc1. The molecule has 0 radical (unpaired) electrons. The van der Waals surface area contributed by atoms with Crippen molar-refractivity contribution in [1.82, 2.24) is 9.80 Å². The highest BCUT2D eigenvalue weighted by molar-refractivity contribution is 7.10. The molecule has 36 heavy (non-hydrogen) atoms. The zero-order valence-corrected chi connectivity index (χ0v) is 22.5. The molecule has 0 N–H and O–H groups in total. The van der Waals surface area contributed by atoms with Gasteiger partial charge in [0.2, 0.25) is 5.91 Å². The Balaban J connectivity index is 1.50. The molecule has 4 rings (SSSR count). The molecule has 0 spiro atoms. The number of carbonyl (C=O) groups excluding carboxylic acids is 2. The van der Waals surface area contributed by atoms with Gasteiger partial charge in [-0.2, -0.15) is 0 Å². The predicted octanol–water partition coefficient (Wildman–Crippen LogP) is 6.24. The molecule has 3 aromatic rings. The van der Waals surface area contributed by atoms with Gasteiger partial charge in [0, 0.05) is 23.5 Å². The van der Waals surface area contributed by atoms with Crippen LogP contribution in [0.5, 0.6) is 5.75 Å². The second-order valence-corrected chi connectivity index (χ2v) is 10.8. The van der Waals surface area contributed by atoms with E-state index in [2.05, 4.69) is 37.4 Å². The van der Waals surface area contributed by atoms with Crippen molar-refractivity contribution in [3.05, 3.63) is 87.1 Å². The van der Waals surface area contributed by atoms with Crippen LogP contribution >= 0.6 is 11.3 Å². The van der Waals surface area contributed by atoms with E-state index < -0.39 is 0 Å². The molecule has 0 unspecified atom stereocenters. The van der Waals surface area contributed by atoms with Gasteiger partial charge in [-0.3, -0.25) is 9.59 Å². The summed E-state index contributed by atoms with van der Waals surface area (Å²) >= 11 is 1.74. The minimum Gasteiger partial charge on any atom is -0.491 e. The summed E-state index contributed by atoms with van der Waals surface area (Å²) in [6.45, 7) is 9.99. The standard InChI is InChI=1S/C30H36N2O3S/c1-5-16-31(30(34)24-8-6-22(4)7-9-24)19-29(33)32-17-14-28-26(15-18-36-28)27(32)20-35-25-12-10-23(11-13-25)21(2)3/h6-13,15,18,21,27H,5,14,16-17,19-20H2,1-4H3/t27-/m0/s1. The van der Waals surface area contributed by atoms with Crippen LogP contribution in [-0.2, 0) is 11.2 Å². The number of benzene rings is 2. The lowest BCUT2D eigenvalue weighted by molar-refractivity contribution is -0.135. The Kier molecular flexibility index (Phi) is 8.47. The molecule has 2 amide bonds. The number of hydrogen-bond acceptors (Lipinski definition) is 4. The maximum absolute atomic E-state index is 13.6. The van der Waals surface area contributed by atoms with Crippen LogP contribution in [0.3, 0.4) is 0 Å². The Morgan fingerprint density at radius 2 is 1.81 bits per heavy atom. The van der Waals surface area contributed by atoms with E-state index in [-0.39, 0.29) is 24.4 Å². The summed E-state index contributed by atoms with van der Waals surface area (Å²) in [5, 5.41) is 2.09. The van der Waals surface area contributed by atoms with E-state index in [4.69, 9.17) is 4.74 Å². The molecule has 0 aliphatic carbocycles. The molecule has 5 nitrogen and oxygen atoms in total. The lowest BCUT2D eigenvalue weighted by Crippen LogP contribution is -2.48. The number of hydrogen-bond donors (Lipinski definition) is 0. The van der Waals surface area contributed by atoms with Crippen molar-refractivity contribution in [3.63, 3.8) is 0 Å². The summed E-state index contributed by atoms with van der Waals surface area (Å²) in [5.74, 6) is 1.13. The van der Waals surface area contributed by atoms with E-state index >= 15 is 0 Å². The third-order valence-electron chi connectivity index (χ3n) is 6.78. The van der Waals surface area contributed by atoms with E-state index in [9.17, 15) is 9.59 Å². The highest BCUT2D eigenvalue weighted by Crippen LogP contribution is 2.34. The molecule has 2 heterocycles. The number of nitrogens with zero attached hydrogens (tertiary/aromatic N) is 2. The molecule has 2 aromatic carbocycles. The summed E-state index contributed by atoms with van der Waals surface area (Å²) in [4.78, 5) is 31.7. The van der Waals surface area contributed by atoms with E-state index in [1.165, 1.54) is 10.4 Å². The van der Waals surface area contributed by atoms with Gasteiger partial charge >= 0.3 is 0 Å². The summed E-state index contributed by atoms with van der Waals surface area (Å²) < 4.78 is 6.20. The van der Waals surface area contributed by atoms with Gasteiger partial charge in [0.25, 0.3) is 5.91 Å². The van der Waals surface area contributed by atoms with Crippen LogP contribution in [0.15, 0.2) is 60.0 Å². The van der Waals surface area contributed by atoms with E-state index in [1.807, 2.05) is 55.1 Å². The Bertz CT molecular complexity index is 1170. The fourth-order valence-corrected chi connectivity index (χ4v) is 5.58. The third-order valence-corrected chi connectivity index (χ3v) is 7.77. The van der Waals surface area contributed by atoms with Gasteiger partial charge in [0.15, 0.2) is 0 Å². The number of carbonyl (C=O) groups is 2. The van der Waals surface area contributed by atoms with Crippen molar-refractivity contribution < 1.29 is 14.3 Å². The molecule has 0 fully saturated rings. The van der Waals surface area contributed by atoms with Crippen molar-refractivity contribution in [2.24, 2.45) is 0 Å². The van der Waals surface area contributed by atoms with Crippen LogP contribution in [0.2, 0.25) is 0 Å². The van der Waals surface area contributed by atoms with Gasteiger partial charge in [-0.05, 0) is 72.5 Å². The third kappa shape index (κ3) is 5.98. The Hall–Kier alpha value is -3.12. The van der Waals surface area contributed by atoms with Gasteiger partial charge in [0.05, 0.1) is 6.04 Å². The Morgan fingerprint density at radius 1 is 1.08 bits per heavy atom. The molecule has 1 atom stereocenters. The van der Waals surface area contributed by atoms with E-state index in [0.717, 1.165) is 29.7 Å². The van der Waals surface area contributed by atoms with Crippen molar-refractivity contribution in [1.29, 1.82) is 0 Å². The Labute approximate surface area is 218 Å². The fraction of sp³-hybridized carbons (Fsp3) is 0.400.